The maximum absolute atomic E-state index is 12.9. The number of hydrogen-bond acceptors (Lipinski definition) is 4. The first-order valence-electron chi connectivity index (χ1n) is 9.64. The van der Waals surface area contributed by atoms with Crippen molar-refractivity contribution in [1.82, 2.24) is 5.32 Å². The molecule has 6 nitrogen and oxygen atoms in total. The van der Waals surface area contributed by atoms with Crippen LogP contribution in [0.2, 0.25) is 0 Å². The molecule has 1 aromatic rings. The smallest absolute Gasteiger partial charge is 0.306 e. The third-order valence-corrected chi connectivity index (χ3v) is 5.56. The number of rotatable bonds is 11. The lowest BCUT2D eigenvalue weighted by molar-refractivity contribution is -0.145. The van der Waals surface area contributed by atoms with Crippen LogP contribution in [0.4, 0.5) is 0 Å². The van der Waals surface area contributed by atoms with Crippen LogP contribution in [-0.2, 0) is 20.7 Å². The molecule has 2 rings (SSSR count). The summed E-state index contributed by atoms with van der Waals surface area (Å²) in [4.78, 5) is 24.5. The zero-order valence-electron chi connectivity index (χ0n) is 16.3. The van der Waals surface area contributed by atoms with E-state index in [0.717, 1.165) is 43.4 Å². The molecule has 0 spiro atoms. The van der Waals surface area contributed by atoms with Crippen molar-refractivity contribution >= 4 is 11.9 Å². The molecule has 0 aromatic heterocycles. The van der Waals surface area contributed by atoms with Gasteiger partial charge in [-0.25, -0.2) is 0 Å². The zero-order chi connectivity index (χ0) is 19.7. The summed E-state index contributed by atoms with van der Waals surface area (Å²) in [6.45, 7) is 0.939. The molecule has 1 unspecified atom stereocenters. The molecular weight excluding hydrogens is 346 g/mol. The number of methoxy groups -OCH3 is 2. The van der Waals surface area contributed by atoms with Gasteiger partial charge in [0, 0.05) is 25.7 Å². The molecule has 1 aliphatic rings. The average molecular weight is 377 g/mol. The highest BCUT2D eigenvalue weighted by atomic mass is 16.5. The summed E-state index contributed by atoms with van der Waals surface area (Å²) in [5.74, 6) is -0.583. The fourth-order valence-electron chi connectivity index (χ4n) is 3.92. The summed E-state index contributed by atoms with van der Waals surface area (Å²) in [6, 6.07) is 7.79. The normalized spacial score (nSPS) is 16.7. The summed E-state index contributed by atoms with van der Waals surface area (Å²) in [5.41, 5.74) is 0.566. The van der Waals surface area contributed by atoms with Gasteiger partial charge in [0.05, 0.1) is 13.0 Å². The highest BCUT2D eigenvalue weighted by Gasteiger charge is 2.43. The van der Waals surface area contributed by atoms with Gasteiger partial charge in [-0.15, -0.1) is 0 Å². The Labute approximate surface area is 161 Å². The van der Waals surface area contributed by atoms with Gasteiger partial charge in [-0.3, -0.25) is 9.59 Å². The molecule has 1 atom stereocenters. The number of carboxylic acid groups (broad SMARTS) is 1. The second-order valence-corrected chi connectivity index (χ2v) is 7.36. The molecule has 0 bridgehead atoms. The van der Waals surface area contributed by atoms with Gasteiger partial charge in [-0.05, 0) is 49.8 Å². The van der Waals surface area contributed by atoms with Gasteiger partial charge in [0.1, 0.15) is 5.75 Å². The summed E-state index contributed by atoms with van der Waals surface area (Å²) in [7, 11) is 3.20. The molecule has 0 aliphatic heterocycles. The van der Waals surface area contributed by atoms with E-state index in [-0.39, 0.29) is 5.91 Å². The zero-order valence-corrected chi connectivity index (χ0v) is 16.3. The van der Waals surface area contributed by atoms with E-state index >= 15 is 0 Å². The number of carboxylic acids is 1. The third kappa shape index (κ3) is 5.96. The van der Waals surface area contributed by atoms with E-state index in [0.29, 0.717) is 26.0 Å². The minimum atomic E-state index is -0.843. The monoisotopic (exact) mass is 377 g/mol. The number of benzene rings is 1. The predicted octanol–water partition coefficient (Wildman–Crippen LogP) is 3.04. The van der Waals surface area contributed by atoms with Crippen molar-refractivity contribution in [1.29, 1.82) is 0 Å². The fourth-order valence-corrected chi connectivity index (χ4v) is 3.92. The van der Waals surface area contributed by atoms with Crippen molar-refractivity contribution < 1.29 is 24.2 Å². The van der Waals surface area contributed by atoms with E-state index in [2.05, 4.69) is 5.32 Å². The first kappa shape index (κ1) is 21.2. The topological polar surface area (TPSA) is 84.9 Å². The van der Waals surface area contributed by atoms with Gasteiger partial charge in [0.25, 0.3) is 0 Å². The average Bonchev–Trinajstić information content (AvgIpc) is 3.15. The van der Waals surface area contributed by atoms with Crippen molar-refractivity contribution in [2.24, 2.45) is 11.3 Å². The molecule has 1 aromatic carbocycles. The molecule has 1 aliphatic carbocycles. The van der Waals surface area contributed by atoms with Crippen molar-refractivity contribution in [3.05, 3.63) is 29.8 Å². The van der Waals surface area contributed by atoms with Gasteiger partial charge < -0.3 is 19.9 Å². The maximum atomic E-state index is 12.9. The molecule has 6 heteroatoms. The molecule has 150 valence electrons. The Kier molecular flexibility index (Phi) is 8.10. The second-order valence-electron chi connectivity index (χ2n) is 7.36. The van der Waals surface area contributed by atoms with Gasteiger partial charge in [0.2, 0.25) is 5.91 Å². The van der Waals surface area contributed by atoms with Crippen molar-refractivity contribution in [2.75, 3.05) is 27.4 Å². The number of aliphatic carboxylic acids is 1. The standard InChI is InChI=1S/C21H31NO5/c1-26-14-10-17(19(23)24)15-21(11-3-4-12-21)20(25)22-13-9-16-5-7-18(27-2)8-6-16/h5-8,17H,3-4,9-15H2,1-2H3,(H,22,25)(H,23,24). The van der Waals surface area contributed by atoms with Crippen LogP contribution in [0.5, 0.6) is 5.75 Å². The lowest BCUT2D eigenvalue weighted by atomic mass is 9.76. The Hall–Kier alpha value is -2.08. The first-order valence-corrected chi connectivity index (χ1v) is 9.64. The molecule has 2 N–H and O–H groups in total. The van der Waals surface area contributed by atoms with E-state index in [1.807, 2.05) is 24.3 Å². The van der Waals surface area contributed by atoms with Crippen LogP contribution < -0.4 is 10.1 Å². The van der Waals surface area contributed by atoms with Gasteiger partial charge in [0.15, 0.2) is 0 Å². The molecule has 0 saturated heterocycles. The SMILES string of the molecule is COCCC(CC1(C(=O)NCCc2ccc(OC)cc2)CCCC1)C(=O)O. The molecule has 1 saturated carbocycles. The van der Waals surface area contributed by atoms with Crippen LogP contribution in [0.1, 0.15) is 44.1 Å². The van der Waals surface area contributed by atoms with Gasteiger partial charge in [-0.1, -0.05) is 25.0 Å². The summed E-state index contributed by atoms with van der Waals surface area (Å²) >= 11 is 0. The minimum absolute atomic E-state index is 0.00261. The Morgan fingerprint density at radius 2 is 1.85 bits per heavy atom. The highest BCUT2D eigenvalue weighted by molar-refractivity contribution is 5.83. The predicted molar refractivity (Wildman–Crippen MR) is 103 cm³/mol. The largest absolute Gasteiger partial charge is 0.497 e. The maximum Gasteiger partial charge on any atom is 0.306 e. The number of carbonyl (C=O) groups is 2. The van der Waals surface area contributed by atoms with Crippen LogP contribution in [0, 0.1) is 11.3 Å². The van der Waals surface area contributed by atoms with Crippen LogP contribution in [0.25, 0.3) is 0 Å². The van der Waals surface area contributed by atoms with Gasteiger partial charge in [-0.2, -0.15) is 0 Å². The van der Waals surface area contributed by atoms with Crippen LogP contribution in [0.15, 0.2) is 24.3 Å². The van der Waals surface area contributed by atoms with Crippen molar-refractivity contribution in [2.45, 2.75) is 44.9 Å². The molecule has 27 heavy (non-hydrogen) atoms. The number of hydrogen-bond donors (Lipinski definition) is 2. The van der Waals surface area contributed by atoms with E-state index in [1.165, 1.54) is 0 Å². The fraction of sp³-hybridized carbons (Fsp3) is 0.619. The Morgan fingerprint density at radius 1 is 1.19 bits per heavy atom. The van der Waals surface area contributed by atoms with Crippen molar-refractivity contribution in [3.63, 3.8) is 0 Å². The molecule has 0 heterocycles. The summed E-state index contributed by atoms with van der Waals surface area (Å²) in [5, 5.41) is 12.6. The number of amides is 1. The lowest BCUT2D eigenvalue weighted by Crippen LogP contribution is -2.42. The summed E-state index contributed by atoms with van der Waals surface area (Å²) in [6.07, 6.45) is 5.03. The lowest BCUT2D eigenvalue weighted by Gasteiger charge is -2.30. The van der Waals surface area contributed by atoms with Crippen molar-refractivity contribution in [3.8, 4) is 5.75 Å². The quantitative estimate of drug-likeness (QED) is 0.619. The molecule has 0 radical (unpaired) electrons. The Morgan fingerprint density at radius 3 is 2.41 bits per heavy atom. The second kappa shape index (κ2) is 10.3. The van der Waals surface area contributed by atoms with E-state index in [4.69, 9.17) is 9.47 Å². The summed E-state index contributed by atoms with van der Waals surface area (Å²) < 4.78 is 10.2. The van der Waals surface area contributed by atoms with Crippen LogP contribution in [0.3, 0.4) is 0 Å². The first-order chi connectivity index (χ1) is 13.0. The number of carbonyl (C=O) groups excluding carboxylic acids is 1. The molecule has 1 fully saturated rings. The van der Waals surface area contributed by atoms with Crippen LogP contribution >= 0.6 is 0 Å². The van der Waals surface area contributed by atoms with Crippen LogP contribution in [-0.4, -0.2) is 44.4 Å². The van der Waals surface area contributed by atoms with Gasteiger partial charge >= 0.3 is 5.97 Å². The Balaban J connectivity index is 1.93. The number of ether oxygens (including phenoxy) is 2. The minimum Gasteiger partial charge on any atom is -0.497 e. The third-order valence-electron chi connectivity index (χ3n) is 5.56. The number of nitrogens with one attached hydrogen (secondary N) is 1. The van der Waals surface area contributed by atoms with E-state index in [1.54, 1.807) is 14.2 Å². The Bertz CT molecular complexity index is 608. The molecule has 1 amide bonds. The van der Waals surface area contributed by atoms with E-state index in [9.17, 15) is 14.7 Å². The highest BCUT2D eigenvalue weighted by Crippen LogP contribution is 2.44. The van der Waals surface area contributed by atoms with E-state index < -0.39 is 17.3 Å². The molecular formula is C21H31NO5.